The van der Waals surface area contributed by atoms with Crippen molar-refractivity contribution in [1.82, 2.24) is 4.72 Å². The normalized spacial score (nSPS) is 11.6. The lowest BCUT2D eigenvalue weighted by Gasteiger charge is -2.09. The van der Waals surface area contributed by atoms with E-state index in [1.54, 1.807) is 6.07 Å². The fourth-order valence-corrected chi connectivity index (χ4v) is 2.85. The maximum absolute atomic E-state index is 13.3. The monoisotopic (exact) mass is 312 g/mol. The van der Waals surface area contributed by atoms with Gasteiger partial charge in [-0.05, 0) is 35.9 Å². The quantitative estimate of drug-likeness (QED) is 0.886. The van der Waals surface area contributed by atoms with Crippen LogP contribution in [-0.4, -0.2) is 8.42 Å². The molecular formula is C14H14F2N2O2S. The van der Waals surface area contributed by atoms with Gasteiger partial charge in [0.25, 0.3) is 0 Å². The topological polar surface area (TPSA) is 72.2 Å². The van der Waals surface area contributed by atoms with Gasteiger partial charge >= 0.3 is 0 Å². The fourth-order valence-electron chi connectivity index (χ4n) is 1.78. The van der Waals surface area contributed by atoms with Gasteiger partial charge in [0, 0.05) is 18.7 Å². The van der Waals surface area contributed by atoms with E-state index in [0.717, 1.165) is 12.1 Å². The molecule has 0 radical (unpaired) electrons. The number of nitrogens with one attached hydrogen (secondary N) is 1. The third-order valence-electron chi connectivity index (χ3n) is 2.90. The summed E-state index contributed by atoms with van der Waals surface area (Å²) < 4.78 is 52.9. The summed E-state index contributed by atoms with van der Waals surface area (Å²) in [6.07, 6.45) is 0. The molecule has 0 unspecified atom stereocenters. The second kappa shape index (κ2) is 6.30. The highest BCUT2D eigenvalue weighted by atomic mass is 32.2. The van der Waals surface area contributed by atoms with Crippen LogP contribution in [0.4, 0.5) is 8.78 Å². The van der Waals surface area contributed by atoms with Crippen LogP contribution in [0.15, 0.2) is 47.4 Å². The number of rotatable bonds is 5. The highest BCUT2D eigenvalue weighted by molar-refractivity contribution is 7.89. The minimum Gasteiger partial charge on any atom is -0.326 e. The average Bonchev–Trinajstić information content (AvgIpc) is 2.46. The van der Waals surface area contributed by atoms with E-state index in [0.29, 0.717) is 5.56 Å². The second-order valence-corrected chi connectivity index (χ2v) is 6.18. The van der Waals surface area contributed by atoms with Crippen LogP contribution in [0.2, 0.25) is 0 Å². The van der Waals surface area contributed by atoms with Crippen molar-refractivity contribution in [2.75, 3.05) is 0 Å². The van der Waals surface area contributed by atoms with Crippen LogP contribution in [-0.2, 0) is 23.1 Å². The summed E-state index contributed by atoms with van der Waals surface area (Å²) in [6.45, 7) is -0.158. The van der Waals surface area contributed by atoms with Gasteiger partial charge in [-0.2, -0.15) is 0 Å². The molecule has 0 fully saturated rings. The highest BCUT2D eigenvalue weighted by Gasteiger charge is 2.15. The van der Waals surface area contributed by atoms with E-state index in [1.165, 1.54) is 24.3 Å². The largest absolute Gasteiger partial charge is 0.326 e. The zero-order valence-electron chi connectivity index (χ0n) is 11.0. The molecule has 4 nitrogen and oxygen atoms in total. The van der Waals surface area contributed by atoms with Crippen LogP contribution in [0.5, 0.6) is 0 Å². The van der Waals surface area contributed by atoms with Crippen LogP contribution >= 0.6 is 0 Å². The summed E-state index contributed by atoms with van der Waals surface area (Å²) >= 11 is 0. The van der Waals surface area contributed by atoms with Crippen molar-refractivity contribution in [3.8, 4) is 0 Å². The van der Waals surface area contributed by atoms with Gasteiger partial charge in [0.15, 0.2) is 0 Å². The Morgan fingerprint density at radius 3 is 2.52 bits per heavy atom. The Balaban J connectivity index is 2.18. The van der Waals surface area contributed by atoms with E-state index in [4.69, 9.17) is 5.73 Å². The van der Waals surface area contributed by atoms with Gasteiger partial charge in [-0.3, -0.25) is 0 Å². The number of halogens is 2. The molecule has 0 aliphatic heterocycles. The predicted molar refractivity (Wildman–Crippen MR) is 74.7 cm³/mol. The van der Waals surface area contributed by atoms with Gasteiger partial charge in [0.1, 0.15) is 11.6 Å². The molecule has 7 heteroatoms. The van der Waals surface area contributed by atoms with Gasteiger partial charge in [-0.15, -0.1) is 0 Å². The Hall–Kier alpha value is -1.83. The number of nitrogens with two attached hydrogens (primary N) is 1. The molecule has 0 aromatic heterocycles. The first-order chi connectivity index (χ1) is 9.92. The lowest BCUT2D eigenvalue weighted by atomic mass is 10.2. The predicted octanol–water partition coefficient (Wildman–Crippen LogP) is 1.90. The van der Waals surface area contributed by atoms with Gasteiger partial charge in [0.2, 0.25) is 10.0 Å². The lowest BCUT2D eigenvalue weighted by molar-refractivity contribution is 0.578. The van der Waals surface area contributed by atoms with Crippen molar-refractivity contribution < 1.29 is 17.2 Å². The van der Waals surface area contributed by atoms with Crippen LogP contribution in [0.1, 0.15) is 11.1 Å². The van der Waals surface area contributed by atoms with Crippen molar-refractivity contribution in [3.05, 3.63) is 65.2 Å². The van der Waals surface area contributed by atoms with Gasteiger partial charge in [-0.25, -0.2) is 21.9 Å². The minimum atomic E-state index is -3.82. The van der Waals surface area contributed by atoms with Crippen molar-refractivity contribution in [2.24, 2.45) is 5.73 Å². The second-order valence-electron chi connectivity index (χ2n) is 4.41. The van der Waals surface area contributed by atoms with Crippen LogP contribution in [0, 0.1) is 11.6 Å². The zero-order chi connectivity index (χ0) is 15.5. The third kappa shape index (κ3) is 3.84. The molecule has 2 aromatic carbocycles. The summed E-state index contributed by atoms with van der Waals surface area (Å²) in [5, 5.41) is 0. The van der Waals surface area contributed by atoms with E-state index in [2.05, 4.69) is 4.72 Å². The summed E-state index contributed by atoms with van der Waals surface area (Å²) in [7, 11) is -3.82. The summed E-state index contributed by atoms with van der Waals surface area (Å²) in [5.74, 6) is -1.000. The van der Waals surface area contributed by atoms with Gasteiger partial charge < -0.3 is 5.73 Å². The Bertz CT molecular complexity index is 748. The first-order valence-corrected chi connectivity index (χ1v) is 7.63. The molecular weight excluding hydrogens is 298 g/mol. The molecule has 3 N–H and O–H groups in total. The molecule has 21 heavy (non-hydrogen) atoms. The summed E-state index contributed by atoms with van der Waals surface area (Å²) in [5.41, 5.74) is 5.95. The van der Waals surface area contributed by atoms with E-state index in [9.17, 15) is 17.2 Å². The smallest absolute Gasteiger partial charge is 0.240 e. The SMILES string of the molecule is NCc1cc(S(=O)(=O)NCc2cccc(F)c2)ccc1F. The molecule has 0 saturated heterocycles. The van der Waals surface area contributed by atoms with Crippen molar-refractivity contribution >= 4 is 10.0 Å². The summed E-state index contributed by atoms with van der Waals surface area (Å²) in [6, 6.07) is 8.99. The van der Waals surface area contributed by atoms with E-state index in [1.807, 2.05) is 0 Å². The maximum Gasteiger partial charge on any atom is 0.240 e. The van der Waals surface area contributed by atoms with E-state index < -0.39 is 21.7 Å². The minimum absolute atomic E-state index is 0.0601. The molecule has 0 saturated carbocycles. The maximum atomic E-state index is 13.3. The Labute approximate surface area is 121 Å². The molecule has 0 bridgehead atoms. The van der Waals surface area contributed by atoms with Crippen molar-refractivity contribution in [2.45, 2.75) is 18.0 Å². The Morgan fingerprint density at radius 1 is 1.10 bits per heavy atom. The number of hydrogen-bond acceptors (Lipinski definition) is 3. The van der Waals surface area contributed by atoms with E-state index >= 15 is 0 Å². The Kier molecular flexibility index (Phi) is 4.66. The van der Waals surface area contributed by atoms with Crippen molar-refractivity contribution in [1.29, 1.82) is 0 Å². The number of hydrogen-bond donors (Lipinski definition) is 2. The average molecular weight is 312 g/mol. The molecule has 0 atom stereocenters. The standard InChI is InChI=1S/C14H14F2N2O2S/c15-12-3-1-2-10(6-12)9-18-21(19,20)13-4-5-14(16)11(7-13)8-17/h1-7,18H,8-9,17H2. The van der Waals surface area contributed by atoms with Crippen molar-refractivity contribution in [3.63, 3.8) is 0 Å². The zero-order valence-corrected chi connectivity index (χ0v) is 11.8. The third-order valence-corrected chi connectivity index (χ3v) is 4.30. The Morgan fingerprint density at radius 2 is 1.86 bits per heavy atom. The molecule has 0 spiro atoms. The molecule has 112 valence electrons. The fraction of sp³-hybridized carbons (Fsp3) is 0.143. The molecule has 0 amide bonds. The van der Waals surface area contributed by atoms with Crippen LogP contribution in [0.25, 0.3) is 0 Å². The highest BCUT2D eigenvalue weighted by Crippen LogP contribution is 2.15. The van der Waals surface area contributed by atoms with Gasteiger partial charge in [0.05, 0.1) is 4.90 Å². The molecule has 2 rings (SSSR count). The van der Waals surface area contributed by atoms with Crippen LogP contribution in [0.3, 0.4) is 0 Å². The molecule has 0 heterocycles. The molecule has 0 aliphatic carbocycles. The molecule has 0 aliphatic rings. The first-order valence-electron chi connectivity index (χ1n) is 6.15. The summed E-state index contributed by atoms with van der Waals surface area (Å²) in [4.78, 5) is -0.0826. The van der Waals surface area contributed by atoms with E-state index in [-0.39, 0.29) is 23.5 Å². The van der Waals surface area contributed by atoms with Gasteiger partial charge in [-0.1, -0.05) is 12.1 Å². The molecule has 2 aromatic rings. The number of benzene rings is 2. The number of sulfonamides is 1. The van der Waals surface area contributed by atoms with Crippen LogP contribution < -0.4 is 10.5 Å². The first kappa shape index (κ1) is 15.6. The lowest BCUT2D eigenvalue weighted by Crippen LogP contribution is -2.23.